The SMILES string of the molecule is CC(=O)c1ccc(S(=O)(=O)Nc2ccc(Oc3ccc(-n4cccc4)nn3)cc2)cc1. The van der Waals surface area contributed by atoms with Gasteiger partial charge >= 0.3 is 0 Å². The molecule has 156 valence electrons. The van der Waals surface area contributed by atoms with Crippen molar-refractivity contribution in [1.82, 2.24) is 14.8 Å². The highest BCUT2D eigenvalue weighted by Crippen LogP contribution is 2.23. The largest absolute Gasteiger partial charge is 0.438 e. The minimum Gasteiger partial charge on any atom is -0.438 e. The molecule has 0 atom stereocenters. The first kappa shape index (κ1) is 20.3. The predicted molar refractivity (Wildman–Crippen MR) is 115 cm³/mol. The number of Topliss-reactive ketones (excluding diaryl/α,β-unsaturated/α-hetero) is 1. The first-order chi connectivity index (χ1) is 14.9. The van der Waals surface area contributed by atoms with Crippen LogP contribution >= 0.6 is 0 Å². The molecule has 2 heterocycles. The Bertz CT molecular complexity index is 1280. The van der Waals surface area contributed by atoms with Crippen LogP contribution in [-0.4, -0.2) is 29.0 Å². The van der Waals surface area contributed by atoms with Crippen molar-refractivity contribution in [2.75, 3.05) is 4.72 Å². The van der Waals surface area contributed by atoms with Crippen LogP contribution in [0.4, 0.5) is 5.69 Å². The lowest BCUT2D eigenvalue weighted by Gasteiger charge is -2.10. The van der Waals surface area contributed by atoms with Crippen LogP contribution in [0, 0.1) is 0 Å². The molecule has 0 radical (unpaired) electrons. The van der Waals surface area contributed by atoms with Gasteiger partial charge in [-0.05, 0) is 61.5 Å². The van der Waals surface area contributed by atoms with Crippen LogP contribution in [0.15, 0.2) is 90.1 Å². The van der Waals surface area contributed by atoms with E-state index in [-0.39, 0.29) is 10.7 Å². The number of sulfonamides is 1. The minimum absolute atomic E-state index is 0.0656. The second-order valence-corrected chi connectivity index (χ2v) is 8.31. The van der Waals surface area contributed by atoms with Gasteiger partial charge in [0.1, 0.15) is 5.75 Å². The third-order valence-corrected chi connectivity index (χ3v) is 5.79. The summed E-state index contributed by atoms with van der Waals surface area (Å²) < 4.78 is 35.1. The second-order valence-electron chi connectivity index (χ2n) is 6.63. The Hall–Kier alpha value is -3.98. The maximum absolute atomic E-state index is 12.5. The summed E-state index contributed by atoms with van der Waals surface area (Å²) in [6, 6.07) is 19.4. The number of benzene rings is 2. The molecule has 4 aromatic rings. The standard InChI is InChI=1S/C22H18N4O4S/c1-16(27)17-4-10-20(11-5-17)31(28,29)25-18-6-8-19(9-7-18)30-22-13-12-21(23-24-22)26-14-2-3-15-26/h2-15,25H,1H3. The Balaban J connectivity index is 1.42. The van der Waals surface area contributed by atoms with Crippen molar-refractivity contribution in [3.63, 3.8) is 0 Å². The average molecular weight is 434 g/mol. The van der Waals surface area contributed by atoms with Gasteiger partial charge in [0.25, 0.3) is 10.0 Å². The molecule has 0 saturated carbocycles. The third kappa shape index (κ3) is 4.78. The van der Waals surface area contributed by atoms with Crippen molar-refractivity contribution in [3.05, 3.63) is 90.8 Å². The van der Waals surface area contributed by atoms with Crippen LogP contribution < -0.4 is 9.46 Å². The highest BCUT2D eigenvalue weighted by Gasteiger charge is 2.15. The molecule has 4 rings (SSSR count). The van der Waals surface area contributed by atoms with Crippen LogP contribution in [0.25, 0.3) is 5.82 Å². The van der Waals surface area contributed by atoms with E-state index in [0.717, 1.165) is 0 Å². The topological polar surface area (TPSA) is 103 Å². The number of nitrogens with one attached hydrogen (secondary N) is 1. The summed E-state index contributed by atoms with van der Waals surface area (Å²) in [5, 5.41) is 8.15. The molecule has 0 aliphatic rings. The number of carbonyl (C=O) groups excluding carboxylic acids is 1. The normalized spacial score (nSPS) is 11.1. The van der Waals surface area contributed by atoms with Gasteiger partial charge in [0.05, 0.1) is 4.90 Å². The van der Waals surface area contributed by atoms with Gasteiger partial charge in [-0.25, -0.2) is 8.42 Å². The van der Waals surface area contributed by atoms with E-state index in [0.29, 0.717) is 28.7 Å². The molecule has 0 amide bonds. The van der Waals surface area contributed by atoms with Crippen molar-refractivity contribution >= 4 is 21.5 Å². The fraction of sp³-hybridized carbons (Fsp3) is 0.0455. The molecule has 2 aromatic heterocycles. The number of rotatable bonds is 7. The van der Waals surface area contributed by atoms with E-state index in [1.807, 2.05) is 29.1 Å². The summed E-state index contributed by atoms with van der Waals surface area (Å²) in [5.74, 6) is 1.33. The van der Waals surface area contributed by atoms with Crippen LogP contribution in [0.2, 0.25) is 0 Å². The summed E-state index contributed by atoms with van der Waals surface area (Å²) in [6.45, 7) is 1.42. The zero-order valence-corrected chi connectivity index (χ0v) is 17.3. The van der Waals surface area contributed by atoms with Gasteiger partial charge in [0.2, 0.25) is 5.88 Å². The van der Waals surface area contributed by atoms with Gasteiger partial charge in [-0.2, -0.15) is 0 Å². The summed E-state index contributed by atoms with van der Waals surface area (Å²) in [4.78, 5) is 11.4. The molecule has 0 aliphatic heterocycles. The molecule has 0 unspecified atom stereocenters. The van der Waals surface area contributed by atoms with E-state index in [2.05, 4.69) is 14.9 Å². The summed E-state index contributed by atoms with van der Waals surface area (Å²) in [7, 11) is -3.78. The highest BCUT2D eigenvalue weighted by molar-refractivity contribution is 7.92. The van der Waals surface area contributed by atoms with E-state index >= 15 is 0 Å². The van der Waals surface area contributed by atoms with Crippen LogP contribution in [-0.2, 0) is 10.0 Å². The molecule has 31 heavy (non-hydrogen) atoms. The van der Waals surface area contributed by atoms with Crippen molar-refractivity contribution in [2.24, 2.45) is 0 Å². The van der Waals surface area contributed by atoms with Crippen LogP contribution in [0.5, 0.6) is 11.6 Å². The molecule has 8 nitrogen and oxygen atoms in total. The molecule has 0 spiro atoms. The molecule has 0 bridgehead atoms. The predicted octanol–water partition coefficient (Wildman–Crippen LogP) is 4.06. The van der Waals surface area contributed by atoms with Crippen molar-refractivity contribution < 1.29 is 17.9 Å². The lowest BCUT2D eigenvalue weighted by Crippen LogP contribution is -2.13. The Labute approximate surface area is 179 Å². The summed E-state index contributed by atoms with van der Waals surface area (Å²) in [5.41, 5.74) is 0.821. The van der Waals surface area contributed by atoms with E-state index in [1.165, 1.54) is 31.2 Å². The van der Waals surface area contributed by atoms with E-state index in [9.17, 15) is 13.2 Å². The van der Waals surface area contributed by atoms with Crippen LogP contribution in [0.1, 0.15) is 17.3 Å². The molecule has 2 aromatic carbocycles. The zero-order chi connectivity index (χ0) is 21.8. The Morgan fingerprint density at radius 2 is 1.58 bits per heavy atom. The molecule has 0 fully saturated rings. The molecule has 9 heteroatoms. The van der Waals surface area contributed by atoms with Crippen molar-refractivity contribution in [1.29, 1.82) is 0 Å². The Morgan fingerprint density at radius 3 is 2.16 bits per heavy atom. The first-order valence-electron chi connectivity index (χ1n) is 9.29. The van der Waals surface area contributed by atoms with Gasteiger partial charge in [0.15, 0.2) is 11.6 Å². The first-order valence-corrected chi connectivity index (χ1v) is 10.8. The molecular weight excluding hydrogens is 416 g/mol. The molecule has 1 N–H and O–H groups in total. The van der Waals surface area contributed by atoms with Gasteiger partial charge in [-0.3, -0.25) is 9.52 Å². The fourth-order valence-electron chi connectivity index (χ4n) is 2.79. The molecule has 0 aliphatic carbocycles. The summed E-state index contributed by atoms with van der Waals surface area (Å²) >= 11 is 0. The number of ether oxygens (including phenoxy) is 1. The average Bonchev–Trinajstić information content (AvgIpc) is 3.30. The van der Waals surface area contributed by atoms with Gasteiger partial charge in [-0.15, -0.1) is 10.2 Å². The fourth-order valence-corrected chi connectivity index (χ4v) is 3.85. The number of carbonyl (C=O) groups is 1. The third-order valence-electron chi connectivity index (χ3n) is 4.40. The van der Waals surface area contributed by atoms with E-state index in [1.54, 1.807) is 36.4 Å². The van der Waals surface area contributed by atoms with Gasteiger partial charge < -0.3 is 9.30 Å². The van der Waals surface area contributed by atoms with E-state index < -0.39 is 10.0 Å². The van der Waals surface area contributed by atoms with Crippen molar-refractivity contribution in [3.8, 4) is 17.4 Å². The maximum atomic E-state index is 12.5. The maximum Gasteiger partial charge on any atom is 0.261 e. The number of hydrogen-bond donors (Lipinski definition) is 1. The number of aromatic nitrogens is 3. The lowest BCUT2D eigenvalue weighted by atomic mass is 10.2. The van der Waals surface area contributed by atoms with E-state index in [4.69, 9.17) is 4.74 Å². The second kappa shape index (κ2) is 8.41. The van der Waals surface area contributed by atoms with Gasteiger partial charge in [0, 0.05) is 29.7 Å². The minimum atomic E-state index is -3.78. The van der Waals surface area contributed by atoms with Crippen LogP contribution in [0.3, 0.4) is 0 Å². The quantitative estimate of drug-likeness (QED) is 0.440. The highest BCUT2D eigenvalue weighted by atomic mass is 32.2. The Morgan fingerprint density at radius 1 is 0.903 bits per heavy atom. The summed E-state index contributed by atoms with van der Waals surface area (Å²) in [6.07, 6.45) is 3.73. The Kier molecular flexibility index (Phi) is 5.50. The number of hydrogen-bond acceptors (Lipinski definition) is 6. The smallest absolute Gasteiger partial charge is 0.261 e. The lowest BCUT2D eigenvalue weighted by molar-refractivity contribution is 0.101. The number of ketones is 1. The monoisotopic (exact) mass is 434 g/mol. The molecular formula is C22H18N4O4S. The number of nitrogens with zero attached hydrogens (tertiary/aromatic N) is 3. The van der Waals surface area contributed by atoms with Gasteiger partial charge in [-0.1, -0.05) is 12.1 Å². The number of anilines is 1. The zero-order valence-electron chi connectivity index (χ0n) is 16.5. The molecule has 0 saturated heterocycles. The van der Waals surface area contributed by atoms with Crippen molar-refractivity contribution in [2.45, 2.75) is 11.8 Å².